The molecular weight excluding hydrogens is 316 g/mol. The van der Waals surface area contributed by atoms with Crippen molar-refractivity contribution < 1.29 is 4.79 Å². The van der Waals surface area contributed by atoms with E-state index in [1.807, 2.05) is 25.2 Å². The van der Waals surface area contributed by atoms with E-state index in [1.54, 1.807) is 11.2 Å². The summed E-state index contributed by atoms with van der Waals surface area (Å²) in [6, 6.07) is 8.12. The monoisotopic (exact) mass is 334 g/mol. The van der Waals surface area contributed by atoms with E-state index in [0.717, 1.165) is 42.0 Å². The molecule has 0 bridgehead atoms. The predicted octanol–water partition coefficient (Wildman–Crippen LogP) is 1.87. The van der Waals surface area contributed by atoms with Crippen LogP contribution in [0.4, 0.5) is 11.5 Å². The Morgan fingerprint density at radius 3 is 3.00 bits per heavy atom. The van der Waals surface area contributed by atoms with E-state index in [-0.39, 0.29) is 5.91 Å². The van der Waals surface area contributed by atoms with E-state index in [1.165, 1.54) is 6.33 Å². The molecule has 7 heteroatoms. The van der Waals surface area contributed by atoms with Crippen LogP contribution in [-0.4, -0.2) is 46.0 Å². The highest BCUT2D eigenvalue weighted by molar-refractivity contribution is 6.08. The summed E-state index contributed by atoms with van der Waals surface area (Å²) in [5.74, 6) is 0.995. The number of fused-ring (bicyclic) bond motifs is 3. The van der Waals surface area contributed by atoms with Crippen LogP contribution in [0.25, 0.3) is 11.2 Å². The van der Waals surface area contributed by atoms with E-state index < -0.39 is 5.41 Å². The van der Waals surface area contributed by atoms with Crippen LogP contribution in [0.5, 0.6) is 0 Å². The zero-order valence-electron chi connectivity index (χ0n) is 13.9. The minimum absolute atomic E-state index is 0.174. The fourth-order valence-corrected chi connectivity index (χ4v) is 4.34. The smallest absolute Gasteiger partial charge is 0.239 e. The highest BCUT2D eigenvalue weighted by Gasteiger charge is 2.51. The molecule has 1 atom stereocenters. The highest BCUT2D eigenvalue weighted by atomic mass is 16.2. The third kappa shape index (κ3) is 1.86. The maximum absolute atomic E-state index is 13.2. The number of hydrogen-bond acceptors (Lipinski definition) is 5. The van der Waals surface area contributed by atoms with Gasteiger partial charge < -0.3 is 14.8 Å². The molecule has 126 valence electrons. The van der Waals surface area contributed by atoms with Crippen molar-refractivity contribution in [2.24, 2.45) is 0 Å². The molecule has 1 amide bonds. The zero-order valence-corrected chi connectivity index (χ0v) is 13.9. The van der Waals surface area contributed by atoms with Crippen molar-refractivity contribution in [3.63, 3.8) is 0 Å². The van der Waals surface area contributed by atoms with Gasteiger partial charge in [-0.1, -0.05) is 18.2 Å². The van der Waals surface area contributed by atoms with Crippen molar-refractivity contribution in [1.29, 1.82) is 0 Å². The van der Waals surface area contributed by atoms with Gasteiger partial charge in [-0.3, -0.25) is 4.79 Å². The van der Waals surface area contributed by atoms with Crippen LogP contribution >= 0.6 is 0 Å². The predicted molar refractivity (Wildman–Crippen MR) is 94.7 cm³/mol. The van der Waals surface area contributed by atoms with Crippen molar-refractivity contribution in [3.05, 3.63) is 42.5 Å². The number of hydrogen-bond donors (Lipinski definition) is 1. The summed E-state index contributed by atoms with van der Waals surface area (Å²) in [7, 11) is 1.87. The molecule has 0 unspecified atom stereocenters. The topological polar surface area (TPSA) is 78.0 Å². The zero-order chi connectivity index (χ0) is 17.0. The number of H-pyrrole nitrogens is 1. The summed E-state index contributed by atoms with van der Waals surface area (Å²) in [6.45, 7) is 1.49. The largest absolute Gasteiger partial charge is 0.353 e. The average molecular weight is 334 g/mol. The molecule has 0 saturated carbocycles. The lowest BCUT2D eigenvalue weighted by molar-refractivity contribution is -0.123. The number of benzene rings is 1. The lowest BCUT2D eigenvalue weighted by atomic mass is 9.75. The van der Waals surface area contributed by atoms with Gasteiger partial charge in [-0.2, -0.15) is 0 Å². The van der Waals surface area contributed by atoms with Crippen molar-refractivity contribution in [3.8, 4) is 0 Å². The lowest BCUT2D eigenvalue weighted by Gasteiger charge is -2.40. The molecule has 2 aliphatic rings. The van der Waals surface area contributed by atoms with Crippen LogP contribution in [0, 0.1) is 0 Å². The molecule has 2 aromatic heterocycles. The lowest BCUT2D eigenvalue weighted by Crippen LogP contribution is -2.51. The fourth-order valence-electron chi connectivity index (χ4n) is 4.34. The summed E-state index contributed by atoms with van der Waals surface area (Å²) in [4.78, 5) is 33.2. The van der Waals surface area contributed by atoms with Crippen molar-refractivity contribution >= 4 is 28.6 Å². The Bertz CT molecular complexity index is 982. The Morgan fingerprint density at radius 1 is 1.20 bits per heavy atom. The molecule has 1 spiro atoms. The number of aromatic amines is 1. The number of anilines is 2. The van der Waals surface area contributed by atoms with Gasteiger partial charge in [0.05, 0.1) is 11.7 Å². The van der Waals surface area contributed by atoms with Gasteiger partial charge in [0.1, 0.15) is 11.8 Å². The third-order valence-corrected chi connectivity index (χ3v) is 5.49. The van der Waals surface area contributed by atoms with Gasteiger partial charge >= 0.3 is 0 Å². The minimum atomic E-state index is -0.499. The number of carbonyl (C=O) groups excluding carboxylic acids is 1. The van der Waals surface area contributed by atoms with Crippen LogP contribution in [0.15, 0.2) is 36.9 Å². The molecule has 0 aliphatic carbocycles. The van der Waals surface area contributed by atoms with E-state index in [4.69, 9.17) is 0 Å². The molecule has 7 nitrogen and oxygen atoms in total. The molecule has 1 saturated heterocycles. The second-order valence-electron chi connectivity index (χ2n) is 6.79. The molecule has 5 rings (SSSR count). The number of rotatable bonds is 1. The molecule has 0 radical (unpaired) electrons. The minimum Gasteiger partial charge on any atom is -0.353 e. The summed E-state index contributed by atoms with van der Waals surface area (Å²) in [5, 5.41) is 0. The second kappa shape index (κ2) is 5.02. The first-order chi connectivity index (χ1) is 12.2. The Kier molecular flexibility index (Phi) is 2.89. The second-order valence-corrected chi connectivity index (χ2v) is 6.79. The number of likely N-dealkylation sites (N-methyl/N-ethyl adjacent to an activating group) is 1. The Balaban J connectivity index is 1.61. The Hall–Kier alpha value is -2.96. The average Bonchev–Trinajstić information content (AvgIpc) is 3.21. The van der Waals surface area contributed by atoms with Crippen LogP contribution in [0.1, 0.15) is 18.4 Å². The number of para-hydroxylation sites is 1. The maximum atomic E-state index is 13.2. The summed E-state index contributed by atoms with van der Waals surface area (Å²) >= 11 is 0. The van der Waals surface area contributed by atoms with Crippen LogP contribution in [0.2, 0.25) is 0 Å². The van der Waals surface area contributed by atoms with E-state index in [0.29, 0.717) is 12.2 Å². The van der Waals surface area contributed by atoms with Crippen molar-refractivity contribution in [1.82, 2.24) is 19.9 Å². The van der Waals surface area contributed by atoms with Crippen LogP contribution in [-0.2, 0) is 10.2 Å². The first-order valence-electron chi connectivity index (χ1n) is 8.47. The first kappa shape index (κ1) is 14.4. The third-order valence-electron chi connectivity index (χ3n) is 5.49. The van der Waals surface area contributed by atoms with Gasteiger partial charge in [0, 0.05) is 25.8 Å². The van der Waals surface area contributed by atoms with Gasteiger partial charge in [-0.15, -0.1) is 0 Å². The summed E-state index contributed by atoms with van der Waals surface area (Å²) in [5.41, 5.74) is 3.12. The van der Waals surface area contributed by atoms with Gasteiger partial charge in [-0.05, 0) is 24.5 Å². The highest BCUT2D eigenvalue weighted by Crippen LogP contribution is 2.46. The number of nitrogens with one attached hydrogen (secondary N) is 1. The van der Waals surface area contributed by atoms with Gasteiger partial charge in [0.15, 0.2) is 11.5 Å². The molecule has 4 heterocycles. The first-order valence-corrected chi connectivity index (χ1v) is 8.47. The maximum Gasteiger partial charge on any atom is 0.239 e. The Labute approximate surface area is 144 Å². The van der Waals surface area contributed by atoms with E-state index >= 15 is 0 Å². The molecular formula is C18H18N6O. The van der Waals surface area contributed by atoms with Crippen LogP contribution < -0.4 is 9.80 Å². The number of amides is 1. The number of imidazole rings is 1. The molecule has 1 N–H and O–H groups in total. The molecule has 1 aromatic carbocycles. The van der Waals surface area contributed by atoms with E-state index in [9.17, 15) is 4.79 Å². The molecule has 25 heavy (non-hydrogen) atoms. The van der Waals surface area contributed by atoms with Crippen molar-refractivity contribution in [2.75, 3.05) is 29.9 Å². The summed E-state index contributed by atoms with van der Waals surface area (Å²) < 4.78 is 0. The number of piperidine rings is 1. The van der Waals surface area contributed by atoms with Gasteiger partial charge in [0.2, 0.25) is 5.91 Å². The van der Waals surface area contributed by atoms with E-state index in [2.05, 4.69) is 30.9 Å². The number of carbonyl (C=O) groups is 1. The quantitative estimate of drug-likeness (QED) is 0.735. The number of aromatic nitrogens is 4. The molecule has 3 aromatic rings. The van der Waals surface area contributed by atoms with Crippen LogP contribution in [0.3, 0.4) is 0 Å². The standard InChI is InChI=1S/C18H18N6O/c1-23-13-6-3-2-5-12(13)18(17(23)25)7-4-8-24(9-18)16-14-15(20-10-19-14)21-11-22-16/h2-3,5-6,10-11H,4,7-9H2,1H3,(H,19,20,21,22)/t18-/m1/s1. The normalized spacial score (nSPS) is 22.8. The van der Waals surface area contributed by atoms with Crippen molar-refractivity contribution in [2.45, 2.75) is 18.3 Å². The fraction of sp³-hybridized carbons (Fsp3) is 0.333. The molecule has 1 fully saturated rings. The van der Waals surface area contributed by atoms with Gasteiger partial charge in [-0.25, -0.2) is 15.0 Å². The SMILES string of the molecule is CN1C(=O)[C@@]2(CCCN(c3ncnc4nc[nH]c34)C2)c2ccccc21. The molecule has 2 aliphatic heterocycles. The van der Waals surface area contributed by atoms with Gasteiger partial charge in [0.25, 0.3) is 0 Å². The summed E-state index contributed by atoms with van der Waals surface area (Å²) in [6.07, 6.45) is 4.97. The Morgan fingerprint density at radius 2 is 2.08 bits per heavy atom. The number of nitrogens with zero attached hydrogens (tertiary/aromatic N) is 5.